The first-order valence-corrected chi connectivity index (χ1v) is 5.57. The second-order valence-electron chi connectivity index (χ2n) is 3.20. The normalized spacial score (nSPS) is 10.4. The lowest BCUT2D eigenvalue weighted by molar-refractivity contribution is 0.267. The number of rotatable bonds is 4. The molecule has 0 aliphatic heterocycles. The Balaban J connectivity index is 2.02. The molecule has 2 heterocycles. The van der Waals surface area contributed by atoms with Crippen molar-refractivity contribution in [1.29, 1.82) is 0 Å². The number of halogens is 1. The maximum atomic E-state index is 5.55. The molecule has 0 saturated carbocycles. The molecule has 0 aliphatic rings. The van der Waals surface area contributed by atoms with Gasteiger partial charge < -0.3 is 14.9 Å². The third-order valence-electron chi connectivity index (χ3n) is 2.11. The van der Waals surface area contributed by atoms with E-state index in [0.29, 0.717) is 18.9 Å². The monoisotopic (exact) mass is 282 g/mol. The van der Waals surface area contributed by atoms with Crippen molar-refractivity contribution in [2.75, 3.05) is 0 Å². The zero-order valence-corrected chi connectivity index (χ0v) is 10.1. The van der Waals surface area contributed by atoms with Gasteiger partial charge in [-0.25, -0.2) is 0 Å². The Morgan fingerprint density at radius 3 is 3.06 bits per heavy atom. The minimum absolute atomic E-state index is 0.359. The van der Waals surface area contributed by atoms with E-state index in [1.165, 1.54) is 0 Å². The van der Waals surface area contributed by atoms with Crippen molar-refractivity contribution in [1.82, 2.24) is 4.98 Å². The van der Waals surface area contributed by atoms with Gasteiger partial charge in [0.15, 0.2) is 0 Å². The molecule has 0 atom stereocenters. The third-order valence-corrected chi connectivity index (χ3v) is 2.54. The van der Waals surface area contributed by atoms with Crippen LogP contribution in [0.25, 0.3) is 0 Å². The van der Waals surface area contributed by atoms with Crippen molar-refractivity contribution in [2.24, 2.45) is 5.73 Å². The van der Waals surface area contributed by atoms with E-state index in [1.54, 1.807) is 18.7 Å². The second kappa shape index (κ2) is 5.14. The van der Waals surface area contributed by atoms with Gasteiger partial charge in [-0.15, -0.1) is 0 Å². The van der Waals surface area contributed by atoms with Crippen molar-refractivity contribution in [3.8, 4) is 5.75 Å². The minimum Gasteiger partial charge on any atom is -0.484 e. The summed E-state index contributed by atoms with van der Waals surface area (Å²) in [4.78, 5) is 4.00. The molecule has 5 heteroatoms. The molecule has 16 heavy (non-hydrogen) atoms. The topological polar surface area (TPSA) is 61.3 Å². The van der Waals surface area contributed by atoms with Crippen molar-refractivity contribution >= 4 is 15.9 Å². The highest BCUT2D eigenvalue weighted by Gasteiger charge is 2.05. The molecule has 2 aromatic rings. The van der Waals surface area contributed by atoms with E-state index in [2.05, 4.69) is 20.9 Å². The van der Waals surface area contributed by atoms with Crippen LogP contribution in [0, 0.1) is 0 Å². The lowest BCUT2D eigenvalue weighted by atomic mass is 10.2. The van der Waals surface area contributed by atoms with Gasteiger partial charge in [-0.2, -0.15) is 0 Å². The summed E-state index contributed by atoms with van der Waals surface area (Å²) >= 11 is 3.32. The minimum atomic E-state index is 0.359. The van der Waals surface area contributed by atoms with Gasteiger partial charge in [-0.3, -0.25) is 4.98 Å². The molecule has 84 valence electrons. The van der Waals surface area contributed by atoms with Crippen LogP contribution in [0.2, 0.25) is 0 Å². The first-order chi connectivity index (χ1) is 7.79. The molecule has 0 spiro atoms. The molecule has 0 amide bonds. The number of hydrogen-bond acceptors (Lipinski definition) is 4. The predicted molar refractivity (Wildman–Crippen MR) is 62.9 cm³/mol. The van der Waals surface area contributed by atoms with E-state index in [4.69, 9.17) is 14.9 Å². The van der Waals surface area contributed by atoms with Crippen LogP contribution in [0.1, 0.15) is 11.3 Å². The summed E-state index contributed by atoms with van der Waals surface area (Å²) in [6.45, 7) is 0.809. The maximum Gasteiger partial charge on any atom is 0.146 e. The molecular formula is C11H11BrN2O2. The number of hydrogen-bond donors (Lipinski definition) is 1. The summed E-state index contributed by atoms with van der Waals surface area (Å²) < 4.78 is 11.7. The molecule has 0 unspecified atom stereocenters. The highest BCUT2D eigenvalue weighted by Crippen LogP contribution is 2.18. The van der Waals surface area contributed by atoms with Crippen LogP contribution in [-0.4, -0.2) is 4.98 Å². The largest absolute Gasteiger partial charge is 0.484 e. The first kappa shape index (κ1) is 11.2. The summed E-state index contributed by atoms with van der Waals surface area (Å²) in [6.07, 6.45) is 4.96. The van der Waals surface area contributed by atoms with Gasteiger partial charge in [0, 0.05) is 22.8 Å². The average Bonchev–Trinajstić information content (AvgIpc) is 2.74. The Labute approximate surface area is 102 Å². The van der Waals surface area contributed by atoms with E-state index >= 15 is 0 Å². The van der Waals surface area contributed by atoms with E-state index in [0.717, 1.165) is 15.8 Å². The van der Waals surface area contributed by atoms with E-state index in [9.17, 15) is 0 Å². The molecule has 0 aliphatic carbocycles. The second-order valence-corrected chi connectivity index (χ2v) is 4.12. The van der Waals surface area contributed by atoms with Gasteiger partial charge in [-0.1, -0.05) is 0 Å². The van der Waals surface area contributed by atoms with Gasteiger partial charge in [0.05, 0.1) is 12.5 Å². The summed E-state index contributed by atoms with van der Waals surface area (Å²) in [5.74, 6) is 1.44. The number of furan rings is 1. The van der Waals surface area contributed by atoms with Crippen molar-refractivity contribution in [3.05, 3.63) is 46.6 Å². The van der Waals surface area contributed by atoms with Gasteiger partial charge in [0.2, 0.25) is 0 Å². The van der Waals surface area contributed by atoms with E-state index < -0.39 is 0 Å². The van der Waals surface area contributed by atoms with E-state index in [-0.39, 0.29) is 0 Å². The Morgan fingerprint density at radius 1 is 1.44 bits per heavy atom. The molecule has 2 N–H and O–H groups in total. The van der Waals surface area contributed by atoms with Crippen molar-refractivity contribution in [2.45, 2.75) is 13.2 Å². The Morgan fingerprint density at radius 2 is 2.31 bits per heavy atom. The quantitative estimate of drug-likeness (QED) is 0.936. The first-order valence-electron chi connectivity index (χ1n) is 4.78. The van der Waals surface area contributed by atoms with Crippen LogP contribution in [-0.2, 0) is 13.2 Å². The lowest BCUT2D eigenvalue weighted by Crippen LogP contribution is -2.02. The van der Waals surface area contributed by atoms with Crippen LogP contribution >= 0.6 is 15.9 Å². The van der Waals surface area contributed by atoms with Crippen LogP contribution in [0.15, 0.2) is 39.7 Å². The van der Waals surface area contributed by atoms with Crippen molar-refractivity contribution < 1.29 is 9.15 Å². The molecule has 0 fully saturated rings. The fourth-order valence-corrected chi connectivity index (χ4v) is 1.64. The Bertz CT molecular complexity index is 471. The zero-order chi connectivity index (χ0) is 11.4. The van der Waals surface area contributed by atoms with Crippen LogP contribution in [0.5, 0.6) is 5.75 Å². The molecule has 0 saturated heterocycles. The smallest absolute Gasteiger partial charge is 0.146 e. The highest BCUT2D eigenvalue weighted by molar-refractivity contribution is 9.10. The highest BCUT2D eigenvalue weighted by atomic mass is 79.9. The number of pyridine rings is 1. The fourth-order valence-electron chi connectivity index (χ4n) is 1.30. The summed E-state index contributed by atoms with van der Waals surface area (Å²) in [6, 6.07) is 3.69. The SMILES string of the molecule is NCc1ccoc1COc1cncc(Br)c1. The van der Waals surface area contributed by atoms with Crippen molar-refractivity contribution in [3.63, 3.8) is 0 Å². The molecule has 0 radical (unpaired) electrons. The number of aromatic nitrogens is 1. The molecule has 0 bridgehead atoms. The predicted octanol–water partition coefficient (Wildman–Crippen LogP) is 2.47. The Kier molecular flexibility index (Phi) is 3.58. The van der Waals surface area contributed by atoms with Crippen LogP contribution in [0.3, 0.4) is 0 Å². The number of ether oxygens (including phenoxy) is 1. The Hall–Kier alpha value is -1.33. The summed E-state index contributed by atoms with van der Waals surface area (Å²) in [5.41, 5.74) is 6.51. The number of nitrogens with zero attached hydrogens (tertiary/aromatic N) is 1. The summed E-state index contributed by atoms with van der Waals surface area (Å²) in [7, 11) is 0. The standard InChI is InChI=1S/C11H11BrN2O2/c12-9-3-10(6-14-5-9)16-7-11-8(4-13)1-2-15-11/h1-3,5-6H,4,7,13H2. The zero-order valence-electron chi connectivity index (χ0n) is 8.52. The van der Waals surface area contributed by atoms with Gasteiger partial charge >= 0.3 is 0 Å². The third kappa shape index (κ3) is 2.62. The molecular weight excluding hydrogens is 272 g/mol. The number of nitrogens with two attached hydrogens (primary N) is 1. The van der Waals surface area contributed by atoms with Gasteiger partial charge in [0.25, 0.3) is 0 Å². The van der Waals surface area contributed by atoms with Crippen LogP contribution in [0.4, 0.5) is 0 Å². The summed E-state index contributed by atoms with van der Waals surface area (Å²) in [5, 5.41) is 0. The van der Waals surface area contributed by atoms with E-state index in [1.807, 2.05) is 12.1 Å². The fraction of sp³-hybridized carbons (Fsp3) is 0.182. The average molecular weight is 283 g/mol. The van der Waals surface area contributed by atoms with Crippen LogP contribution < -0.4 is 10.5 Å². The molecule has 2 rings (SSSR count). The maximum absolute atomic E-state index is 5.55. The van der Waals surface area contributed by atoms with Gasteiger partial charge in [0.1, 0.15) is 18.1 Å². The molecule has 0 aromatic carbocycles. The molecule has 4 nitrogen and oxygen atoms in total. The molecule has 2 aromatic heterocycles. The van der Waals surface area contributed by atoms with Gasteiger partial charge in [-0.05, 0) is 28.1 Å². The lowest BCUT2D eigenvalue weighted by Gasteiger charge is -2.05.